The van der Waals surface area contributed by atoms with Crippen LogP contribution in [-0.2, 0) is 7.05 Å². The molecule has 3 aromatic rings. The van der Waals surface area contributed by atoms with E-state index in [1.54, 1.807) is 12.4 Å². The standard InChI is InChI=1S/C13H12N4OS/c1-8-6-19-13(15-8)16-12(18)9-3-4-10-11(5-9)17(2)7-14-10/h3-7H,1-2H3,(H,15,16,18). The molecule has 0 radical (unpaired) electrons. The van der Waals surface area contributed by atoms with E-state index >= 15 is 0 Å². The number of aromatic nitrogens is 3. The minimum Gasteiger partial charge on any atom is -0.334 e. The molecule has 0 saturated carbocycles. The van der Waals surface area contributed by atoms with Crippen molar-refractivity contribution in [2.45, 2.75) is 6.92 Å². The second-order valence-electron chi connectivity index (χ2n) is 4.31. The minimum atomic E-state index is -0.155. The third-order valence-corrected chi connectivity index (χ3v) is 3.70. The molecule has 1 amide bonds. The van der Waals surface area contributed by atoms with Crippen molar-refractivity contribution in [2.24, 2.45) is 7.05 Å². The lowest BCUT2D eigenvalue weighted by Gasteiger charge is -2.02. The van der Waals surface area contributed by atoms with E-state index < -0.39 is 0 Å². The lowest BCUT2D eigenvalue weighted by molar-refractivity contribution is 0.102. The van der Waals surface area contributed by atoms with Gasteiger partial charge in [-0.3, -0.25) is 10.1 Å². The van der Waals surface area contributed by atoms with E-state index in [2.05, 4.69) is 15.3 Å². The first-order valence-corrected chi connectivity index (χ1v) is 6.66. The number of carbonyl (C=O) groups excluding carboxylic acids is 1. The third kappa shape index (κ3) is 2.22. The average molecular weight is 272 g/mol. The zero-order chi connectivity index (χ0) is 13.4. The zero-order valence-corrected chi connectivity index (χ0v) is 11.4. The average Bonchev–Trinajstić information content (AvgIpc) is 2.96. The summed E-state index contributed by atoms with van der Waals surface area (Å²) in [4.78, 5) is 20.6. The van der Waals surface area contributed by atoms with Crippen LogP contribution in [0.5, 0.6) is 0 Å². The highest BCUT2D eigenvalue weighted by Crippen LogP contribution is 2.18. The fourth-order valence-electron chi connectivity index (χ4n) is 1.85. The number of nitrogens with one attached hydrogen (secondary N) is 1. The summed E-state index contributed by atoms with van der Waals surface area (Å²) in [5.41, 5.74) is 3.32. The van der Waals surface area contributed by atoms with Crippen LogP contribution in [0.4, 0.5) is 5.13 Å². The molecule has 2 heterocycles. The van der Waals surface area contributed by atoms with Crippen molar-refractivity contribution >= 4 is 33.4 Å². The number of anilines is 1. The summed E-state index contributed by atoms with van der Waals surface area (Å²) in [7, 11) is 1.90. The summed E-state index contributed by atoms with van der Waals surface area (Å²) in [6, 6.07) is 5.45. The molecule has 0 unspecified atom stereocenters. The van der Waals surface area contributed by atoms with Crippen molar-refractivity contribution in [3.8, 4) is 0 Å². The highest BCUT2D eigenvalue weighted by atomic mass is 32.1. The van der Waals surface area contributed by atoms with Gasteiger partial charge in [0.05, 0.1) is 23.1 Å². The van der Waals surface area contributed by atoms with Crippen molar-refractivity contribution in [1.29, 1.82) is 0 Å². The summed E-state index contributed by atoms with van der Waals surface area (Å²) in [5.74, 6) is -0.155. The second kappa shape index (κ2) is 4.47. The normalized spacial score (nSPS) is 10.8. The first kappa shape index (κ1) is 11.9. The molecule has 0 fully saturated rings. The van der Waals surface area contributed by atoms with Crippen LogP contribution in [0, 0.1) is 6.92 Å². The van der Waals surface area contributed by atoms with E-state index in [0.717, 1.165) is 16.7 Å². The Morgan fingerprint density at radius 3 is 3.00 bits per heavy atom. The van der Waals surface area contributed by atoms with Gasteiger partial charge in [0.2, 0.25) is 0 Å². The molecule has 0 spiro atoms. The van der Waals surface area contributed by atoms with Crippen LogP contribution in [-0.4, -0.2) is 20.4 Å². The zero-order valence-electron chi connectivity index (χ0n) is 10.5. The molecule has 96 valence electrons. The van der Waals surface area contributed by atoms with Crippen molar-refractivity contribution in [3.05, 3.63) is 41.2 Å². The molecule has 1 N–H and O–H groups in total. The molecule has 0 bridgehead atoms. The lowest BCUT2D eigenvalue weighted by Crippen LogP contribution is -2.11. The smallest absolute Gasteiger partial charge is 0.257 e. The molecule has 1 aromatic carbocycles. The van der Waals surface area contributed by atoms with Crippen LogP contribution < -0.4 is 5.32 Å². The maximum atomic E-state index is 12.1. The highest BCUT2D eigenvalue weighted by Gasteiger charge is 2.10. The maximum Gasteiger partial charge on any atom is 0.257 e. The number of fused-ring (bicyclic) bond motifs is 1. The van der Waals surface area contributed by atoms with E-state index in [1.807, 2.05) is 36.1 Å². The number of imidazole rings is 1. The topological polar surface area (TPSA) is 59.8 Å². The van der Waals surface area contributed by atoms with Gasteiger partial charge in [0.25, 0.3) is 5.91 Å². The predicted molar refractivity (Wildman–Crippen MR) is 75.5 cm³/mol. The monoisotopic (exact) mass is 272 g/mol. The van der Waals surface area contributed by atoms with Crippen LogP contribution in [0.2, 0.25) is 0 Å². The van der Waals surface area contributed by atoms with E-state index in [0.29, 0.717) is 10.7 Å². The van der Waals surface area contributed by atoms with Crippen molar-refractivity contribution in [3.63, 3.8) is 0 Å². The highest BCUT2D eigenvalue weighted by molar-refractivity contribution is 7.13. The quantitative estimate of drug-likeness (QED) is 0.780. The largest absolute Gasteiger partial charge is 0.334 e. The van der Waals surface area contributed by atoms with Crippen LogP contribution in [0.15, 0.2) is 29.9 Å². The number of rotatable bonds is 2. The van der Waals surface area contributed by atoms with Gasteiger partial charge in [0.1, 0.15) is 0 Å². The number of carbonyl (C=O) groups is 1. The minimum absolute atomic E-state index is 0.155. The molecule has 0 saturated heterocycles. The Kier molecular flexibility index (Phi) is 2.79. The molecular formula is C13H12N4OS. The summed E-state index contributed by atoms with van der Waals surface area (Å²) in [6.07, 6.45) is 1.73. The molecule has 0 aliphatic rings. The van der Waals surface area contributed by atoms with Crippen LogP contribution in [0.1, 0.15) is 16.1 Å². The van der Waals surface area contributed by atoms with Gasteiger partial charge in [-0.25, -0.2) is 9.97 Å². The van der Waals surface area contributed by atoms with Crippen LogP contribution >= 0.6 is 11.3 Å². The first-order valence-electron chi connectivity index (χ1n) is 5.78. The molecule has 0 atom stereocenters. The number of aryl methyl sites for hydroxylation is 2. The Morgan fingerprint density at radius 1 is 1.42 bits per heavy atom. The second-order valence-corrected chi connectivity index (χ2v) is 5.17. The Balaban J connectivity index is 1.90. The molecular weight excluding hydrogens is 260 g/mol. The summed E-state index contributed by atoms with van der Waals surface area (Å²) < 4.78 is 1.89. The maximum absolute atomic E-state index is 12.1. The van der Waals surface area contributed by atoms with E-state index in [9.17, 15) is 4.79 Å². The van der Waals surface area contributed by atoms with Gasteiger partial charge in [-0.05, 0) is 25.1 Å². The van der Waals surface area contributed by atoms with Gasteiger partial charge in [0, 0.05) is 18.0 Å². The SMILES string of the molecule is Cc1csc(NC(=O)c2ccc3ncn(C)c3c2)n1. The van der Waals surface area contributed by atoms with Gasteiger partial charge < -0.3 is 4.57 Å². The molecule has 5 nitrogen and oxygen atoms in total. The molecule has 19 heavy (non-hydrogen) atoms. The Morgan fingerprint density at radius 2 is 2.26 bits per heavy atom. The molecule has 6 heteroatoms. The molecule has 2 aromatic heterocycles. The van der Waals surface area contributed by atoms with Gasteiger partial charge in [-0.1, -0.05) is 0 Å². The summed E-state index contributed by atoms with van der Waals surface area (Å²) in [6.45, 7) is 1.90. The molecule has 3 rings (SSSR count). The fourth-order valence-corrected chi connectivity index (χ4v) is 2.53. The van der Waals surface area contributed by atoms with Crippen molar-refractivity contribution in [1.82, 2.24) is 14.5 Å². The lowest BCUT2D eigenvalue weighted by atomic mass is 10.2. The molecule has 0 aliphatic carbocycles. The van der Waals surface area contributed by atoms with E-state index in [-0.39, 0.29) is 5.91 Å². The first-order chi connectivity index (χ1) is 9.13. The van der Waals surface area contributed by atoms with Gasteiger partial charge in [-0.2, -0.15) is 0 Å². The number of thiazole rings is 1. The van der Waals surface area contributed by atoms with Gasteiger partial charge in [-0.15, -0.1) is 11.3 Å². The Hall–Kier alpha value is -2.21. The number of amides is 1. The predicted octanol–water partition coefficient (Wildman–Crippen LogP) is 2.59. The number of nitrogens with zero attached hydrogens (tertiary/aromatic N) is 3. The number of hydrogen-bond donors (Lipinski definition) is 1. The Labute approximate surface area is 113 Å². The summed E-state index contributed by atoms with van der Waals surface area (Å²) >= 11 is 1.42. The van der Waals surface area contributed by atoms with Gasteiger partial charge in [0.15, 0.2) is 5.13 Å². The van der Waals surface area contributed by atoms with Crippen LogP contribution in [0.25, 0.3) is 11.0 Å². The van der Waals surface area contributed by atoms with Gasteiger partial charge >= 0.3 is 0 Å². The van der Waals surface area contributed by atoms with Crippen molar-refractivity contribution < 1.29 is 4.79 Å². The van der Waals surface area contributed by atoms with Crippen molar-refractivity contribution in [2.75, 3.05) is 5.32 Å². The van der Waals surface area contributed by atoms with E-state index in [4.69, 9.17) is 0 Å². The molecule has 0 aliphatic heterocycles. The summed E-state index contributed by atoms with van der Waals surface area (Å²) in [5, 5.41) is 5.32. The van der Waals surface area contributed by atoms with Crippen LogP contribution in [0.3, 0.4) is 0 Å². The third-order valence-electron chi connectivity index (χ3n) is 2.83. The fraction of sp³-hybridized carbons (Fsp3) is 0.154. The Bertz CT molecular complexity index is 759. The number of hydrogen-bond acceptors (Lipinski definition) is 4. The number of benzene rings is 1. The van der Waals surface area contributed by atoms with E-state index in [1.165, 1.54) is 11.3 Å².